The highest BCUT2D eigenvalue weighted by Crippen LogP contribution is 2.51. The van der Waals surface area contributed by atoms with E-state index >= 15 is 0 Å². The standard InChI is InChI=1S/C20H20N2O/c1-20(2,13-21)18(14-9-5-4-6-10-14)17-15-11-7-8-12-16(15)22(3)19(17)23/h4-12,17-18H,1-3H3/t17-,18?/m1/s1. The van der Waals surface area contributed by atoms with Crippen molar-refractivity contribution >= 4 is 11.6 Å². The molecule has 0 saturated heterocycles. The molecule has 0 N–H and O–H groups in total. The average molecular weight is 304 g/mol. The van der Waals surface area contributed by atoms with E-state index < -0.39 is 5.41 Å². The summed E-state index contributed by atoms with van der Waals surface area (Å²) < 4.78 is 0. The molecule has 0 spiro atoms. The van der Waals surface area contributed by atoms with Crippen molar-refractivity contribution in [3.8, 4) is 6.07 Å². The zero-order valence-corrected chi connectivity index (χ0v) is 13.7. The molecule has 2 aromatic rings. The normalized spacial score (nSPS) is 18.4. The topological polar surface area (TPSA) is 44.1 Å². The maximum absolute atomic E-state index is 13.0. The van der Waals surface area contributed by atoms with Crippen LogP contribution in [0, 0.1) is 16.7 Å². The molecular formula is C20H20N2O. The van der Waals surface area contributed by atoms with Gasteiger partial charge in [0.25, 0.3) is 0 Å². The zero-order valence-electron chi connectivity index (χ0n) is 13.7. The van der Waals surface area contributed by atoms with Crippen LogP contribution >= 0.6 is 0 Å². The number of carbonyl (C=O) groups excluding carboxylic acids is 1. The average Bonchev–Trinajstić information content (AvgIpc) is 2.82. The van der Waals surface area contributed by atoms with Gasteiger partial charge in [-0.3, -0.25) is 4.79 Å². The van der Waals surface area contributed by atoms with E-state index in [4.69, 9.17) is 0 Å². The number of rotatable bonds is 3. The third-order valence-corrected chi connectivity index (χ3v) is 4.79. The first-order chi connectivity index (χ1) is 11.0. The second-order valence-electron chi connectivity index (χ2n) is 6.66. The predicted molar refractivity (Wildman–Crippen MR) is 91.2 cm³/mol. The lowest BCUT2D eigenvalue weighted by Gasteiger charge is -2.33. The van der Waals surface area contributed by atoms with Crippen LogP contribution in [0.4, 0.5) is 5.69 Å². The molecule has 0 fully saturated rings. The quantitative estimate of drug-likeness (QED) is 0.857. The summed E-state index contributed by atoms with van der Waals surface area (Å²) in [4.78, 5) is 14.7. The number of likely N-dealkylation sites (N-methyl/N-ethyl adjacent to an activating group) is 1. The number of hydrogen-bond donors (Lipinski definition) is 0. The summed E-state index contributed by atoms with van der Waals surface area (Å²) in [5.74, 6) is -0.455. The highest BCUT2D eigenvalue weighted by molar-refractivity contribution is 6.05. The number of carbonyl (C=O) groups is 1. The molecule has 23 heavy (non-hydrogen) atoms. The maximum atomic E-state index is 13.0. The first kappa shape index (κ1) is 15.3. The van der Waals surface area contributed by atoms with E-state index in [2.05, 4.69) is 6.07 Å². The second-order valence-corrected chi connectivity index (χ2v) is 6.66. The van der Waals surface area contributed by atoms with Gasteiger partial charge >= 0.3 is 0 Å². The van der Waals surface area contributed by atoms with E-state index in [-0.39, 0.29) is 17.7 Å². The Morgan fingerprint density at radius 3 is 2.35 bits per heavy atom. The molecule has 1 heterocycles. The third kappa shape index (κ3) is 2.41. The van der Waals surface area contributed by atoms with Crippen LogP contribution in [0.2, 0.25) is 0 Å². The van der Waals surface area contributed by atoms with Gasteiger partial charge in [-0.15, -0.1) is 0 Å². The Balaban J connectivity index is 2.19. The van der Waals surface area contributed by atoms with Crippen LogP contribution in [-0.4, -0.2) is 13.0 Å². The van der Waals surface area contributed by atoms with Crippen molar-refractivity contribution in [3.63, 3.8) is 0 Å². The fourth-order valence-electron chi connectivity index (χ4n) is 3.59. The Kier molecular flexibility index (Phi) is 3.69. The summed E-state index contributed by atoms with van der Waals surface area (Å²) in [6.07, 6.45) is 0. The Morgan fingerprint density at radius 2 is 1.70 bits per heavy atom. The largest absolute Gasteiger partial charge is 0.315 e. The summed E-state index contributed by atoms with van der Waals surface area (Å²) in [5.41, 5.74) is 2.33. The minimum atomic E-state index is -0.653. The van der Waals surface area contributed by atoms with Crippen LogP contribution < -0.4 is 4.90 Å². The molecule has 3 nitrogen and oxygen atoms in total. The zero-order chi connectivity index (χ0) is 16.6. The lowest BCUT2D eigenvalue weighted by molar-refractivity contribution is -0.120. The number of nitriles is 1. The van der Waals surface area contributed by atoms with Crippen molar-refractivity contribution in [1.82, 2.24) is 0 Å². The second kappa shape index (κ2) is 5.55. The van der Waals surface area contributed by atoms with Gasteiger partial charge < -0.3 is 4.90 Å². The Hall–Kier alpha value is -2.60. The molecule has 3 rings (SSSR count). The third-order valence-electron chi connectivity index (χ3n) is 4.79. The molecule has 0 radical (unpaired) electrons. The maximum Gasteiger partial charge on any atom is 0.235 e. The van der Waals surface area contributed by atoms with Gasteiger partial charge in [0, 0.05) is 18.7 Å². The van der Waals surface area contributed by atoms with Crippen LogP contribution in [0.3, 0.4) is 0 Å². The van der Waals surface area contributed by atoms with Crippen LogP contribution in [0.5, 0.6) is 0 Å². The molecule has 0 saturated carbocycles. The Morgan fingerprint density at radius 1 is 1.09 bits per heavy atom. The summed E-state index contributed by atoms with van der Waals surface area (Å²) in [6, 6.07) is 20.2. The van der Waals surface area contributed by atoms with Crippen LogP contribution in [0.1, 0.15) is 36.8 Å². The van der Waals surface area contributed by atoms with Crippen molar-refractivity contribution in [3.05, 3.63) is 65.7 Å². The van der Waals surface area contributed by atoms with Crippen molar-refractivity contribution in [2.24, 2.45) is 5.41 Å². The number of amides is 1. The predicted octanol–water partition coefficient (Wildman–Crippen LogP) is 4.08. The molecule has 3 heteroatoms. The number of nitrogens with zero attached hydrogens (tertiary/aromatic N) is 2. The fourth-order valence-corrected chi connectivity index (χ4v) is 3.59. The monoisotopic (exact) mass is 304 g/mol. The minimum absolute atomic E-state index is 0.0587. The van der Waals surface area contributed by atoms with Gasteiger partial charge in [0.2, 0.25) is 5.91 Å². The van der Waals surface area contributed by atoms with E-state index in [9.17, 15) is 10.1 Å². The number of fused-ring (bicyclic) bond motifs is 1. The van der Waals surface area contributed by atoms with Crippen molar-refractivity contribution in [2.45, 2.75) is 25.7 Å². The van der Waals surface area contributed by atoms with Crippen molar-refractivity contribution in [2.75, 3.05) is 11.9 Å². The number of benzene rings is 2. The molecule has 1 aliphatic rings. The Labute approximate surface area is 137 Å². The van der Waals surface area contributed by atoms with E-state index in [0.29, 0.717) is 0 Å². The van der Waals surface area contributed by atoms with E-state index in [1.165, 1.54) is 0 Å². The van der Waals surface area contributed by atoms with Gasteiger partial charge in [-0.2, -0.15) is 5.26 Å². The summed E-state index contributed by atoms with van der Waals surface area (Å²) in [6.45, 7) is 3.83. The van der Waals surface area contributed by atoms with Crippen LogP contribution in [-0.2, 0) is 4.79 Å². The molecule has 1 unspecified atom stereocenters. The first-order valence-corrected chi connectivity index (χ1v) is 7.80. The van der Waals surface area contributed by atoms with Gasteiger partial charge in [-0.05, 0) is 31.0 Å². The summed E-state index contributed by atoms with van der Waals surface area (Å²) in [7, 11) is 1.81. The SMILES string of the molecule is CN1C(=O)[C@@H](C(c2ccccc2)C(C)(C)C#N)c2ccccc21. The van der Waals surface area contributed by atoms with Gasteiger partial charge in [0.1, 0.15) is 0 Å². The molecule has 1 amide bonds. The van der Waals surface area contributed by atoms with Crippen molar-refractivity contribution < 1.29 is 4.79 Å². The number of anilines is 1. The lowest BCUT2D eigenvalue weighted by Crippen LogP contribution is -2.33. The van der Waals surface area contributed by atoms with Crippen molar-refractivity contribution in [1.29, 1.82) is 5.26 Å². The fraction of sp³-hybridized carbons (Fsp3) is 0.300. The summed E-state index contributed by atoms with van der Waals surface area (Å²) >= 11 is 0. The molecule has 2 atom stereocenters. The van der Waals surface area contributed by atoms with Gasteiger partial charge in [-0.1, -0.05) is 48.5 Å². The molecule has 1 aliphatic heterocycles. The molecule has 0 aromatic heterocycles. The highest BCUT2D eigenvalue weighted by Gasteiger charge is 2.47. The molecule has 2 aromatic carbocycles. The van der Waals surface area contributed by atoms with E-state index in [1.807, 2.05) is 75.5 Å². The Bertz CT molecular complexity index is 774. The molecule has 0 aliphatic carbocycles. The van der Waals surface area contributed by atoms with E-state index in [0.717, 1.165) is 16.8 Å². The van der Waals surface area contributed by atoms with Gasteiger partial charge in [0.05, 0.1) is 17.4 Å². The lowest BCUT2D eigenvalue weighted by atomic mass is 9.67. The smallest absolute Gasteiger partial charge is 0.235 e. The number of para-hydroxylation sites is 1. The minimum Gasteiger partial charge on any atom is -0.315 e. The van der Waals surface area contributed by atoms with Crippen LogP contribution in [0.25, 0.3) is 0 Å². The molecule has 116 valence electrons. The van der Waals surface area contributed by atoms with Gasteiger partial charge in [0.15, 0.2) is 0 Å². The molecule has 0 bridgehead atoms. The van der Waals surface area contributed by atoms with E-state index in [1.54, 1.807) is 4.90 Å². The molecular weight excluding hydrogens is 284 g/mol. The van der Waals surface area contributed by atoms with Crippen LogP contribution in [0.15, 0.2) is 54.6 Å². The first-order valence-electron chi connectivity index (χ1n) is 7.80. The summed E-state index contributed by atoms with van der Waals surface area (Å²) in [5, 5.41) is 9.71. The highest BCUT2D eigenvalue weighted by atomic mass is 16.2. The van der Waals surface area contributed by atoms with Gasteiger partial charge in [-0.25, -0.2) is 0 Å². The number of hydrogen-bond acceptors (Lipinski definition) is 2.